The van der Waals surface area contributed by atoms with E-state index < -0.39 is 5.97 Å². The zero-order chi connectivity index (χ0) is 20.9. The summed E-state index contributed by atoms with van der Waals surface area (Å²) in [5.74, 6) is 2.08. The quantitative estimate of drug-likeness (QED) is 0.575. The van der Waals surface area contributed by atoms with Crippen molar-refractivity contribution in [3.63, 3.8) is 0 Å². The summed E-state index contributed by atoms with van der Waals surface area (Å²) >= 11 is 0. The Hall–Kier alpha value is -2.21. The maximum Gasteiger partial charge on any atom is 0.337 e. The number of amides is 2. The Morgan fingerprint density at radius 2 is 1.67 bits per heavy atom. The fraction of sp³-hybridized carbons (Fsp3) is 0.625. The summed E-state index contributed by atoms with van der Waals surface area (Å²) in [7, 11) is 1.33. The Bertz CT molecular complexity index is 827. The van der Waals surface area contributed by atoms with E-state index in [0.29, 0.717) is 16.7 Å². The van der Waals surface area contributed by atoms with Crippen molar-refractivity contribution in [3.05, 3.63) is 29.8 Å². The van der Waals surface area contributed by atoms with Gasteiger partial charge in [-0.1, -0.05) is 0 Å². The number of rotatable bonds is 6. The number of nitrogens with two attached hydrogens (primary N) is 1. The van der Waals surface area contributed by atoms with Gasteiger partial charge in [-0.05, 0) is 86.0 Å². The van der Waals surface area contributed by atoms with E-state index in [0.717, 1.165) is 24.3 Å². The molecule has 6 heteroatoms. The third-order valence-electron chi connectivity index (χ3n) is 8.02. The minimum absolute atomic E-state index is 0.142. The number of ether oxygens (including phenoxy) is 1. The third-order valence-corrected chi connectivity index (χ3v) is 8.02. The van der Waals surface area contributed by atoms with Crippen LogP contribution >= 0.6 is 0 Å². The summed E-state index contributed by atoms with van der Waals surface area (Å²) in [5.41, 5.74) is 1.43. The van der Waals surface area contributed by atoms with Crippen molar-refractivity contribution in [3.8, 4) is 0 Å². The van der Waals surface area contributed by atoms with Gasteiger partial charge >= 0.3 is 5.97 Å². The monoisotopic (exact) mass is 411 g/mol. The maximum absolute atomic E-state index is 12.9. The van der Waals surface area contributed by atoms with Crippen molar-refractivity contribution in [1.82, 2.24) is 0 Å². The molecule has 2 N–H and O–H groups in total. The molecule has 4 saturated carbocycles. The molecule has 4 aliphatic carbocycles. The fourth-order valence-corrected chi connectivity index (χ4v) is 7.16. The first-order chi connectivity index (χ1) is 14.5. The number of quaternary nitrogens is 1. The molecule has 0 radical (unpaired) electrons. The lowest BCUT2D eigenvalue weighted by Gasteiger charge is -2.56. The van der Waals surface area contributed by atoms with Crippen molar-refractivity contribution >= 4 is 23.5 Å². The van der Waals surface area contributed by atoms with Crippen LogP contribution in [-0.2, 0) is 14.3 Å². The summed E-state index contributed by atoms with van der Waals surface area (Å²) in [6, 6.07) is 6.13. The average molecular weight is 412 g/mol. The molecule has 1 aliphatic heterocycles. The number of hydrogen-bond acceptors (Lipinski definition) is 4. The van der Waals surface area contributed by atoms with Gasteiger partial charge in [-0.3, -0.25) is 9.59 Å². The van der Waals surface area contributed by atoms with Crippen molar-refractivity contribution in [2.45, 2.75) is 57.4 Å². The molecule has 0 spiro atoms. The number of anilines is 1. The van der Waals surface area contributed by atoms with Crippen molar-refractivity contribution < 1.29 is 24.4 Å². The van der Waals surface area contributed by atoms with Crippen molar-refractivity contribution in [2.24, 2.45) is 23.2 Å². The van der Waals surface area contributed by atoms with Gasteiger partial charge in [0, 0.05) is 6.42 Å². The van der Waals surface area contributed by atoms with Gasteiger partial charge in [-0.25, -0.2) is 9.69 Å². The second-order valence-corrected chi connectivity index (χ2v) is 10.1. The predicted molar refractivity (Wildman–Crippen MR) is 111 cm³/mol. The fourth-order valence-electron chi connectivity index (χ4n) is 7.16. The lowest BCUT2D eigenvalue weighted by Crippen LogP contribution is -2.92. The Kier molecular flexibility index (Phi) is 4.92. The van der Waals surface area contributed by atoms with Crippen LogP contribution in [0.2, 0.25) is 0 Å². The highest BCUT2D eigenvalue weighted by molar-refractivity contribution is 6.21. The summed E-state index contributed by atoms with van der Waals surface area (Å²) in [6.07, 6.45) is 9.89. The molecule has 30 heavy (non-hydrogen) atoms. The Morgan fingerprint density at radius 1 is 1.07 bits per heavy atom. The molecule has 1 atom stereocenters. The predicted octanol–water partition coefficient (Wildman–Crippen LogP) is 2.27. The number of hydrogen-bond donors (Lipinski definition) is 1. The van der Waals surface area contributed by atoms with Crippen LogP contribution < -0.4 is 10.2 Å². The van der Waals surface area contributed by atoms with Gasteiger partial charge in [0.25, 0.3) is 5.91 Å². The van der Waals surface area contributed by atoms with Gasteiger partial charge in [-0.2, -0.15) is 0 Å². The first-order valence-corrected chi connectivity index (χ1v) is 11.3. The van der Waals surface area contributed by atoms with E-state index in [1.54, 1.807) is 24.3 Å². The molecule has 1 heterocycles. The molecule has 6 rings (SSSR count). The van der Waals surface area contributed by atoms with Crippen LogP contribution in [-0.4, -0.2) is 37.5 Å². The maximum atomic E-state index is 12.9. The highest BCUT2D eigenvalue weighted by Crippen LogP contribution is 2.61. The van der Waals surface area contributed by atoms with Crippen LogP contribution in [0.15, 0.2) is 24.3 Å². The number of benzene rings is 1. The summed E-state index contributed by atoms with van der Waals surface area (Å²) in [5, 5.41) is 2.10. The molecule has 1 saturated heterocycles. The lowest BCUT2D eigenvalue weighted by atomic mass is 9.49. The van der Waals surface area contributed by atoms with Crippen molar-refractivity contribution in [1.29, 1.82) is 0 Å². The van der Waals surface area contributed by atoms with Crippen molar-refractivity contribution in [2.75, 3.05) is 18.6 Å². The Morgan fingerprint density at radius 3 is 2.23 bits per heavy atom. The van der Waals surface area contributed by atoms with Gasteiger partial charge in [0.2, 0.25) is 5.91 Å². The summed E-state index contributed by atoms with van der Waals surface area (Å²) < 4.78 is 4.70. The van der Waals surface area contributed by atoms with Crippen LogP contribution in [0.3, 0.4) is 0 Å². The van der Waals surface area contributed by atoms with E-state index in [1.807, 2.05) is 0 Å². The highest BCUT2D eigenvalue weighted by Gasteiger charge is 2.51. The number of methoxy groups -OCH3 is 1. The number of carbonyl (C=O) groups is 3. The number of nitrogens with zero attached hydrogens (tertiary/aromatic N) is 1. The molecule has 1 aromatic carbocycles. The molecule has 0 unspecified atom stereocenters. The van der Waals surface area contributed by atoms with E-state index in [4.69, 9.17) is 4.74 Å². The molecule has 1 aromatic rings. The Balaban J connectivity index is 1.19. The molecule has 5 aliphatic rings. The van der Waals surface area contributed by atoms with Gasteiger partial charge in [0.1, 0.15) is 0 Å². The van der Waals surface area contributed by atoms with Gasteiger partial charge in [0.15, 0.2) is 6.04 Å². The summed E-state index contributed by atoms with van der Waals surface area (Å²) in [6.45, 7) is 0.922. The van der Waals surface area contributed by atoms with E-state index in [9.17, 15) is 14.4 Å². The first-order valence-electron chi connectivity index (χ1n) is 11.3. The summed E-state index contributed by atoms with van der Waals surface area (Å²) in [4.78, 5) is 38.3. The van der Waals surface area contributed by atoms with E-state index >= 15 is 0 Å². The molecular formula is C24H31N2O4+. The second kappa shape index (κ2) is 7.49. The molecule has 4 bridgehead atoms. The molecule has 0 aromatic heterocycles. The molecular weight excluding hydrogens is 380 g/mol. The second-order valence-electron chi connectivity index (χ2n) is 10.1. The highest BCUT2D eigenvalue weighted by atomic mass is 16.5. The smallest absolute Gasteiger partial charge is 0.337 e. The van der Waals surface area contributed by atoms with E-state index in [-0.39, 0.29) is 24.3 Å². The van der Waals surface area contributed by atoms with E-state index in [2.05, 4.69) is 5.32 Å². The average Bonchev–Trinajstić information content (AvgIpc) is 2.99. The third kappa shape index (κ3) is 3.45. The standard InChI is InChI=1S/C24H30N2O4/c1-30-23(29)18-2-4-19(5-3-18)26-21(27)11-20(22(26)28)25-7-6-24-12-15-8-16(13-24)10-17(9-15)14-24/h2-5,15-17,20,25H,6-14H2,1H3/p+1/t15?,16?,17?,20-,24?/m1/s1. The SMILES string of the molecule is COC(=O)c1ccc(N2C(=O)C[C@@H]([NH2+]CCC34CC5CC(CC(C5)C3)C4)C2=O)cc1. The first kappa shape index (κ1) is 19.7. The molecule has 5 fully saturated rings. The molecule has 2 amide bonds. The topological polar surface area (TPSA) is 80.3 Å². The zero-order valence-corrected chi connectivity index (χ0v) is 17.6. The van der Waals surface area contributed by atoms with Crippen LogP contribution in [0.4, 0.5) is 5.69 Å². The molecule has 6 nitrogen and oxygen atoms in total. The normalized spacial score (nSPS) is 34.6. The number of esters is 1. The van der Waals surface area contributed by atoms with Crippen LogP contribution in [0, 0.1) is 23.2 Å². The van der Waals surface area contributed by atoms with Gasteiger partial charge in [0.05, 0.1) is 31.3 Å². The van der Waals surface area contributed by atoms with Crippen LogP contribution in [0.5, 0.6) is 0 Å². The Labute approximate surface area is 177 Å². The largest absolute Gasteiger partial charge is 0.465 e. The van der Waals surface area contributed by atoms with Gasteiger partial charge in [-0.15, -0.1) is 0 Å². The minimum atomic E-state index is -0.434. The lowest BCUT2D eigenvalue weighted by molar-refractivity contribution is -0.676. The number of carbonyl (C=O) groups excluding carboxylic acids is 3. The number of imide groups is 1. The van der Waals surface area contributed by atoms with Gasteiger partial charge < -0.3 is 10.1 Å². The zero-order valence-electron chi connectivity index (χ0n) is 17.6. The molecule has 160 valence electrons. The van der Waals surface area contributed by atoms with Crippen LogP contribution in [0.25, 0.3) is 0 Å². The van der Waals surface area contributed by atoms with E-state index in [1.165, 1.54) is 57.0 Å². The van der Waals surface area contributed by atoms with Crippen LogP contribution in [0.1, 0.15) is 61.7 Å². The minimum Gasteiger partial charge on any atom is -0.465 e.